The van der Waals surface area contributed by atoms with Crippen LogP contribution in [0.25, 0.3) is 0 Å². The Morgan fingerprint density at radius 3 is 2.51 bits per heavy atom. The molecule has 1 aromatic heterocycles. The molecular formula is C28H36BrN7O. The monoisotopic (exact) mass is 565 g/mol. The highest BCUT2D eigenvalue weighted by Crippen LogP contribution is 2.37. The maximum absolute atomic E-state index is 5.83. The van der Waals surface area contributed by atoms with Gasteiger partial charge in [0.1, 0.15) is 11.6 Å². The van der Waals surface area contributed by atoms with Crippen LogP contribution in [0, 0.1) is 0 Å². The van der Waals surface area contributed by atoms with E-state index in [0.29, 0.717) is 17.8 Å². The topological polar surface area (TPSA) is 77.6 Å². The third-order valence-corrected chi connectivity index (χ3v) is 7.86. The van der Waals surface area contributed by atoms with Gasteiger partial charge >= 0.3 is 0 Å². The average Bonchev–Trinajstić information content (AvgIpc) is 2.95. The summed E-state index contributed by atoms with van der Waals surface area (Å²) in [6.45, 7) is 8.90. The van der Waals surface area contributed by atoms with Crippen LogP contribution in [0.2, 0.25) is 0 Å². The van der Waals surface area contributed by atoms with Crippen LogP contribution in [0.1, 0.15) is 25.3 Å². The highest BCUT2D eigenvalue weighted by molar-refractivity contribution is 9.10. The summed E-state index contributed by atoms with van der Waals surface area (Å²) in [5, 5.41) is 10.2. The third kappa shape index (κ3) is 6.17. The number of ether oxygens (including phenoxy) is 1. The molecule has 3 aromatic rings. The van der Waals surface area contributed by atoms with E-state index in [4.69, 9.17) is 9.72 Å². The fourth-order valence-electron chi connectivity index (χ4n) is 5.27. The lowest BCUT2D eigenvalue weighted by Gasteiger charge is -2.41. The molecule has 0 amide bonds. The lowest BCUT2D eigenvalue weighted by atomic mass is 9.99. The molecule has 0 radical (unpaired) electrons. The molecule has 196 valence electrons. The number of halogens is 1. The van der Waals surface area contributed by atoms with Crippen LogP contribution in [-0.4, -0.2) is 67.3 Å². The van der Waals surface area contributed by atoms with Gasteiger partial charge in [-0.2, -0.15) is 4.98 Å². The standard InChI is InChI=1S/C28H36BrN7O/c1-3-20-17-24(33-28-31-19-23(29)27(34-28)32-21-7-5-4-6-8-21)26(37-2)18-25(20)36-13-9-22(10-14-36)35-15-11-30-12-16-35/h4-8,17-19,22,30H,3,9-16H2,1-2H3,(H2,31,32,33,34). The summed E-state index contributed by atoms with van der Waals surface area (Å²) >= 11 is 3.56. The number of aromatic nitrogens is 2. The molecule has 0 saturated carbocycles. The van der Waals surface area contributed by atoms with E-state index in [-0.39, 0.29) is 0 Å². The van der Waals surface area contributed by atoms with E-state index in [1.165, 1.54) is 37.2 Å². The Bertz CT molecular complexity index is 1180. The molecule has 0 aliphatic carbocycles. The van der Waals surface area contributed by atoms with E-state index in [0.717, 1.165) is 54.2 Å². The molecule has 2 aliphatic heterocycles. The maximum atomic E-state index is 5.83. The van der Waals surface area contributed by atoms with E-state index in [2.05, 4.69) is 65.7 Å². The minimum absolute atomic E-state index is 0.506. The van der Waals surface area contributed by atoms with Gasteiger partial charge < -0.3 is 25.6 Å². The summed E-state index contributed by atoms with van der Waals surface area (Å²) in [5.74, 6) is 1.99. The van der Waals surface area contributed by atoms with Gasteiger partial charge in [-0.1, -0.05) is 25.1 Å². The van der Waals surface area contributed by atoms with Crippen LogP contribution in [0.4, 0.5) is 28.8 Å². The Labute approximate surface area is 228 Å². The van der Waals surface area contributed by atoms with Crippen LogP contribution < -0.4 is 25.6 Å². The van der Waals surface area contributed by atoms with Crippen molar-refractivity contribution in [2.45, 2.75) is 32.2 Å². The number of benzene rings is 2. The number of piperazine rings is 1. The van der Waals surface area contributed by atoms with Crippen LogP contribution in [0.15, 0.2) is 53.1 Å². The summed E-state index contributed by atoms with van der Waals surface area (Å²) in [4.78, 5) is 14.4. The van der Waals surface area contributed by atoms with E-state index in [1.54, 1.807) is 13.3 Å². The predicted molar refractivity (Wildman–Crippen MR) is 155 cm³/mol. The molecular weight excluding hydrogens is 530 g/mol. The second kappa shape index (κ2) is 12.1. The van der Waals surface area contributed by atoms with Crippen molar-refractivity contribution in [3.8, 4) is 5.75 Å². The number of anilines is 5. The molecule has 3 N–H and O–H groups in total. The van der Waals surface area contributed by atoms with Gasteiger partial charge in [-0.25, -0.2) is 4.98 Å². The molecule has 8 nitrogen and oxygen atoms in total. The first-order valence-electron chi connectivity index (χ1n) is 13.2. The number of rotatable bonds is 8. The molecule has 5 rings (SSSR count). The molecule has 3 heterocycles. The molecule has 0 spiro atoms. The molecule has 2 fully saturated rings. The van der Waals surface area contributed by atoms with Gasteiger partial charge in [0.2, 0.25) is 5.95 Å². The quantitative estimate of drug-likeness (QED) is 0.345. The zero-order valence-corrected chi connectivity index (χ0v) is 23.2. The number of para-hydroxylation sites is 1. The molecule has 0 unspecified atom stereocenters. The third-order valence-electron chi connectivity index (χ3n) is 7.28. The van der Waals surface area contributed by atoms with Gasteiger partial charge in [0.15, 0.2) is 0 Å². The van der Waals surface area contributed by atoms with Gasteiger partial charge in [-0.05, 0) is 59.0 Å². The number of hydrogen-bond donors (Lipinski definition) is 3. The number of nitrogens with zero attached hydrogens (tertiary/aromatic N) is 4. The number of aryl methyl sites for hydroxylation is 1. The molecule has 37 heavy (non-hydrogen) atoms. The van der Waals surface area contributed by atoms with Crippen molar-refractivity contribution < 1.29 is 4.74 Å². The Morgan fingerprint density at radius 1 is 1.05 bits per heavy atom. The molecule has 2 saturated heterocycles. The first kappa shape index (κ1) is 25.8. The Kier molecular flexibility index (Phi) is 8.43. The van der Waals surface area contributed by atoms with Crippen LogP contribution >= 0.6 is 15.9 Å². The number of piperidine rings is 1. The van der Waals surface area contributed by atoms with Gasteiger partial charge in [-0.15, -0.1) is 0 Å². The lowest BCUT2D eigenvalue weighted by Crippen LogP contribution is -2.52. The van der Waals surface area contributed by atoms with E-state index < -0.39 is 0 Å². The molecule has 0 atom stereocenters. The molecule has 2 aromatic carbocycles. The van der Waals surface area contributed by atoms with Crippen LogP contribution in [0.3, 0.4) is 0 Å². The molecule has 2 aliphatic rings. The highest BCUT2D eigenvalue weighted by atomic mass is 79.9. The van der Waals surface area contributed by atoms with Gasteiger partial charge in [0, 0.05) is 68.9 Å². The maximum Gasteiger partial charge on any atom is 0.229 e. The fraction of sp³-hybridized carbons (Fsp3) is 0.429. The number of methoxy groups -OCH3 is 1. The highest BCUT2D eigenvalue weighted by Gasteiger charge is 2.27. The first-order valence-corrected chi connectivity index (χ1v) is 14.0. The van der Waals surface area contributed by atoms with Gasteiger partial charge in [0.05, 0.1) is 17.3 Å². The van der Waals surface area contributed by atoms with Gasteiger partial charge in [0.25, 0.3) is 0 Å². The van der Waals surface area contributed by atoms with Crippen molar-refractivity contribution in [1.29, 1.82) is 0 Å². The van der Waals surface area contributed by atoms with Crippen molar-refractivity contribution in [2.75, 3.05) is 61.9 Å². The minimum Gasteiger partial charge on any atom is -0.494 e. The number of hydrogen-bond acceptors (Lipinski definition) is 8. The van der Waals surface area contributed by atoms with Crippen molar-refractivity contribution in [3.05, 3.63) is 58.7 Å². The summed E-state index contributed by atoms with van der Waals surface area (Å²) in [7, 11) is 1.72. The van der Waals surface area contributed by atoms with Gasteiger partial charge in [-0.3, -0.25) is 4.90 Å². The zero-order chi connectivity index (χ0) is 25.6. The second-order valence-corrected chi connectivity index (χ2v) is 10.4. The summed E-state index contributed by atoms with van der Waals surface area (Å²) in [6, 6.07) is 15.0. The summed E-state index contributed by atoms with van der Waals surface area (Å²) in [5.41, 5.74) is 4.39. The predicted octanol–water partition coefficient (Wildman–Crippen LogP) is 5.17. The molecule has 0 bridgehead atoms. The summed E-state index contributed by atoms with van der Waals surface area (Å²) < 4.78 is 6.62. The smallest absolute Gasteiger partial charge is 0.229 e. The van der Waals surface area contributed by atoms with E-state index in [1.807, 2.05) is 30.3 Å². The normalized spacial score (nSPS) is 17.0. The van der Waals surface area contributed by atoms with Crippen molar-refractivity contribution in [2.24, 2.45) is 0 Å². The Balaban J connectivity index is 1.32. The van der Waals surface area contributed by atoms with Crippen molar-refractivity contribution >= 4 is 44.8 Å². The second-order valence-electron chi connectivity index (χ2n) is 9.55. The summed E-state index contributed by atoms with van der Waals surface area (Å²) in [6.07, 6.45) is 5.10. The molecule has 9 heteroatoms. The first-order chi connectivity index (χ1) is 18.1. The SMILES string of the molecule is CCc1cc(Nc2ncc(Br)c(Nc3ccccc3)n2)c(OC)cc1N1CCC(N2CCNCC2)CC1. The number of nitrogens with one attached hydrogen (secondary N) is 3. The van der Waals surface area contributed by atoms with Crippen LogP contribution in [0.5, 0.6) is 5.75 Å². The minimum atomic E-state index is 0.506. The Hall–Kier alpha value is -2.88. The Morgan fingerprint density at radius 2 is 1.81 bits per heavy atom. The van der Waals surface area contributed by atoms with Crippen LogP contribution in [-0.2, 0) is 6.42 Å². The van der Waals surface area contributed by atoms with Crippen molar-refractivity contribution in [3.63, 3.8) is 0 Å². The van der Waals surface area contributed by atoms with E-state index in [9.17, 15) is 0 Å². The fourth-order valence-corrected chi connectivity index (χ4v) is 5.56. The average molecular weight is 567 g/mol. The largest absolute Gasteiger partial charge is 0.494 e. The lowest BCUT2D eigenvalue weighted by molar-refractivity contribution is 0.150. The zero-order valence-electron chi connectivity index (χ0n) is 21.6. The van der Waals surface area contributed by atoms with Crippen molar-refractivity contribution in [1.82, 2.24) is 20.2 Å². The van der Waals surface area contributed by atoms with E-state index >= 15 is 0 Å².